The van der Waals surface area contributed by atoms with Gasteiger partial charge < -0.3 is 15.7 Å². The second kappa shape index (κ2) is 7.60. The molecular weight excluding hydrogens is 435 g/mol. The molecule has 1 atom stereocenters. The number of fused-ring (bicyclic) bond motifs is 1. The summed E-state index contributed by atoms with van der Waals surface area (Å²) in [6.07, 6.45) is 1.21. The van der Waals surface area contributed by atoms with Gasteiger partial charge in [0.25, 0.3) is 5.91 Å². The standard InChI is InChI=1S/C19H18Cl2N4O3S/c1-8-4-11(15(21)14(8)20)17(26)24-19-23-16-12(25-3-2-10(22)7-25)5-9(18(27)28)6-13(16)29-19/h5-6,10H,2-4,7,22H2,1H3,(H,27,28)(H,23,24,26)/t10-/m0/s1. The van der Waals surface area contributed by atoms with Gasteiger partial charge in [0, 0.05) is 31.1 Å². The summed E-state index contributed by atoms with van der Waals surface area (Å²) in [6, 6.07) is 3.21. The first-order chi connectivity index (χ1) is 13.7. The summed E-state index contributed by atoms with van der Waals surface area (Å²) in [7, 11) is 0. The summed E-state index contributed by atoms with van der Waals surface area (Å²) in [6.45, 7) is 3.18. The molecule has 1 aliphatic heterocycles. The van der Waals surface area contributed by atoms with Crippen molar-refractivity contribution in [2.24, 2.45) is 5.73 Å². The maximum absolute atomic E-state index is 12.7. The quantitative estimate of drug-likeness (QED) is 0.649. The fourth-order valence-electron chi connectivity index (χ4n) is 3.53. The maximum atomic E-state index is 12.7. The molecule has 1 aromatic heterocycles. The van der Waals surface area contributed by atoms with Crippen LogP contribution >= 0.6 is 34.5 Å². The highest BCUT2D eigenvalue weighted by Gasteiger charge is 2.27. The van der Waals surface area contributed by atoms with Crippen LogP contribution in [0.15, 0.2) is 33.3 Å². The Morgan fingerprint density at radius 1 is 1.34 bits per heavy atom. The number of thiazole rings is 1. The van der Waals surface area contributed by atoms with Crippen molar-refractivity contribution < 1.29 is 14.7 Å². The van der Waals surface area contributed by atoms with E-state index in [4.69, 9.17) is 28.9 Å². The van der Waals surface area contributed by atoms with Gasteiger partial charge in [-0.3, -0.25) is 10.1 Å². The number of carbonyl (C=O) groups excluding carboxylic acids is 1. The number of amides is 1. The highest BCUT2D eigenvalue weighted by Crippen LogP contribution is 2.39. The molecule has 0 spiro atoms. The number of anilines is 2. The Labute approximate surface area is 180 Å². The van der Waals surface area contributed by atoms with Gasteiger partial charge in [0.1, 0.15) is 5.52 Å². The lowest BCUT2D eigenvalue weighted by Gasteiger charge is -2.19. The Morgan fingerprint density at radius 3 is 2.69 bits per heavy atom. The minimum absolute atomic E-state index is 0.0354. The van der Waals surface area contributed by atoms with Crippen LogP contribution in [-0.2, 0) is 4.79 Å². The number of rotatable bonds is 4. The van der Waals surface area contributed by atoms with Gasteiger partial charge >= 0.3 is 5.97 Å². The van der Waals surface area contributed by atoms with Crippen molar-refractivity contribution in [1.82, 2.24) is 4.98 Å². The largest absolute Gasteiger partial charge is 0.478 e. The fourth-order valence-corrected chi connectivity index (χ4v) is 4.95. The van der Waals surface area contributed by atoms with E-state index in [0.717, 1.165) is 18.5 Å². The van der Waals surface area contributed by atoms with E-state index in [9.17, 15) is 14.7 Å². The third kappa shape index (κ3) is 3.73. The molecule has 2 aliphatic rings. The number of nitrogens with two attached hydrogens (primary N) is 1. The van der Waals surface area contributed by atoms with Crippen molar-refractivity contribution >= 4 is 67.5 Å². The van der Waals surface area contributed by atoms with Gasteiger partial charge in [0.2, 0.25) is 0 Å². The summed E-state index contributed by atoms with van der Waals surface area (Å²) in [5, 5.41) is 13.3. The van der Waals surface area contributed by atoms with Crippen molar-refractivity contribution in [3.63, 3.8) is 0 Å². The van der Waals surface area contributed by atoms with Crippen LogP contribution in [-0.4, -0.2) is 41.1 Å². The van der Waals surface area contributed by atoms with Crippen molar-refractivity contribution in [1.29, 1.82) is 0 Å². The third-order valence-corrected chi connectivity index (χ3v) is 7.00. The molecule has 7 nitrogen and oxygen atoms in total. The van der Waals surface area contributed by atoms with Crippen molar-refractivity contribution in [2.75, 3.05) is 23.3 Å². The summed E-state index contributed by atoms with van der Waals surface area (Å²) < 4.78 is 0.675. The van der Waals surface area contributed by atoms with Gasteiger partial charge in [-0.2, -0.15) is 0 Å². The number of halogens is 2. The predicted molar refractivity (Wildman–Crippen MR) is 116 cm³/mol. The molecule has 1 aromatic carbocycles. The van der Waals surface area contributed by atoms with Gasteiger partial charge in [-0.05, 0) is 31.1 Å². The Balaban J connectivity index is 1.69. The van der Waals surface area contributed by atoms with Gasteiger partial charge in [-0.15, -0.1) is 0 Å². The highest BCUT2D eigenvalue weighted by atomic mass is 35.5. The second-order valence-corrected chi connectivity index (χ2v) is 8.97. The van der Waals surface area contributed by atoms with E-state index in [1.807, 2.05) is 11.8 Å². The molecule has 0 saturated carbocycles. The average molecular weight is 453 g/mol. The summed E-state index contributed by atoms with van der Waals surface area (Å²) in [4.78, 5) is 30.8. The van der Waals surface area contributed by atoms with E-state index in [-0.39, 0.29) is 22.5 Å². The van der Waals surface area contributed by atoms with E-state index >= 15 is 0 Å². The van der Waals surface area contributed by atoms with Crippen LogP contribution in [0, 0.1) is 0 Å². The number of benzene rings is 1. The van der Waals surface area contributed by atoms with E-state index < -0.39 is 5.97 Å². The Hall–Kier alpha value is -2.13. The zero-order chi connectivity index (χ0) is 20.9. The fraction of sp³-hybridized carbons (Fsp3) is 0.316. The van der Waals surface area contributed by atoms with Crippen LogP contribution in [0.4, 0.5) is 10.8 Å². The van der Waals surface area contributed by atoms with Gasteiger partial charge in [0.15, 0.2) is 5.13 Å². The van der Waals surface area contributed by atoms with Gasteiger partial charge in [0.05, 0.1) is 26.0 Å². The predicted octanol–water partition coefficient (Wildman–Crippen LogP) is 3.88. The second-order valence-electron chi connectivity index (χ2n) is 7.18. The molecule has 0 bridgehead atoms. The monoisotopic (exact) mass is 452 g/mol. The molecule has 2 aromatic rings. The highest BCUT2D eigenvalue weighted by molar-refractivity contribution is 7.22. The first-order valence-electron chi connectivity index (χ1n) is 8.98. The molecule has 4 N–H and O–H groups in total. The molecule has 1 amide bonds. The Morgan fingerprint density at radius 2 is 2.10 bits per heavy atom. The van der Waals surface area contributed by atoms with E-state index in [1.165, 1.54) is 11.3 Å². The lowest BCUT2D eigenvalue weighted by molar-refractivity contribution is -0.112. The molecule has 29 heavy (non-hydrogen) atoms. The molecule has 152 valence electrons. The number of nitrogens with zero attached hydrogens (tertiary/aromatic N) is 2. The lowest BCUT2D eigenvalue weighted by Crippen LogP contribution is -2.26. The lowest BCUT2D eigenvalue weighted by atomic mass is 10.1. The third-order valence-electron chi connectivity index (χ3n) is 5.06. The number of aromatic nitrogens is 1. The van der Waals surface area contributed by atoms with Crippen LogP contribution in [0.1, 0.15) is 30.1 Å². The molecule has 1 saturated heterocycles. The van der Waals surface area contributed by atoms with Crippen LogP contribution in [0.3, 0.4) is 0 Å². The smallest absolute Gasteiger partial charge is 0.335 e. The zero-order valence-electron chi connectivity index (χ0n) is 15.5. The Kier molecular flexibility index (Phi) is 5.29. The summed E-state index contributed by atoms with van der Waals surface area (Å²) >= 11 is 13.5. The van der Waals surface area contributed by atoms with E-state index in [0.29, 0.717) is 44.6 Å². The van der Waals surface area contributed by atoms with Gasteiger partial charge in [-0.1, -0.05) is 34.5 Å². The molecule has 2 heterocycles. The number of carboxylic acid groups (broad SMARTS) is 1. The van der Waals surface area contributed by atoms with Gasteiger partial charge in [-0.25, -0.2) is 9.78 Å². The van der Waals surface area contributed by atoms with E-state index in [1.54, 1.807) is 12.1 Å². The van der Waals surface area contributed by atoms with Crippen molar-refractivity contribution in [2.45, 2.75) is 25.8 Å². The molecule has 1 aliphatic carbocycles. The molecule has 4 rings (SSSR count). The van der Waals surface area contributed by atoms with Crippen LogP contribution in [0.25, 0.3) is 10.2 Å². The number of allylic oxidation sites excluding steroid dienone is 3. The number of hydrogen-bond acceptors (Lipinski definition) is 6. The molecule has 1 fully saturated rings. The summed E-state index contributed by atoms with van der Waals surface area (Å²) in [5.74, 6) is -1.39. The number of carboxylic acids is 1. The van der Waals surface area contributed by atoms with Crippen LogP contribution < -0.4 is 16.0 Å². The summed E-state index contributed by atoms with van der Waals surface area (Å²) in [5.41, 5.74) is 8.77. The normalized spacial score (nSPS) is 19.6. The van der Waals surface area contributed by atoms with Crippen LogP contribution in [0.2, 0.25) is 0 Å². The SMILES string of the molecule is CC1=C(Cl)C(Cl)=C(C(=O)Nc2nc3c(N4CC[C@H](N)C4)cc(C(=O)O)cc3s2)C1. The zero-order valence-corrected chi connectivity index (χ0v) is 17.8. The van der Waals surface area contributed by atoms with E-state index in [2.05, 4.69) is 10.3 Å². The number of nitrogens with one attached hydrogen (secondary N) is 1. The average Bonchev–Trinajstić information content (AvgIpc) is 3.34. The minimum atomic E-state index is -1.02. The number of hydrogen-bond donors (Lipinski definition) is 3. The molecular formula is C19H18Cl2N4O3S. The van der Waals surface area contributed by atoms with Crippen LogP contribution in [0.5, 0.6) is 0 Å². The number of carbonyl (C=O) groups is 2. The first-order valence-corrected chi connectivity index (χ1v) is 10.6. The minimum Gasteiger partial charge on any atom is -0.478 e. The maximum Gasteiger partial charge on any atom is 0.335 e. The van der Waals surface area contributed by atoms with Crippen molar-refractivity contribution in [3.05, 3.63) is 38.9 Å². The number of aromatic carboxylic acids is 1. The Bertz CT molecular complexity index is 1110. The molecule has 0 radical (unpaired) electrons. The first kappa shape index (κ1) is 20.2. The molecule has 10 heteroatoms. The van der Waals surface area contributed by atoms with Crippen molar-refractivity contribution in [3.8, 4) is 0 Å². The topological polar surface area (TPSA) is 109 Å². The molecule has 0 unspecified atom stereocenters.